The molecule has 5 heterocycles. The molecule has 1 aromatic carbocycles. The Balaban J connectivity index is 1.19. The van der Waals surface area contributed by atoms with Gasteiger partial charge in [-0.2, -0.15) is 9.97 Å². The van der Waals surface area contributed by atoms with Crippen LogP contribution in [0.4, 0.5) is 17.7 Å². The SMILES string of the molecule is O=C1CCCN1CCn1cnc2c(NC3CCN(Cc4ccccc4)CC3)nc(Nc3ncccn3)nc21. The summed E-state index contributed by atoms with van der Waals surface area (Å²) in [5, 5.41) is 6.78. The average molecular weight is 513 g/mol. The number of nitrogens with one attached hydrogen (secondary N) is 2. The molecule has 2 aliphatic rings. The quantitative estimate of drug-likeness (QED) is 0.349. The van der Waals surface area contributed by atoms with Gasteiger partial charge in [-0.05, 0) is 30.9 Å². The highest BCUT2D eigenvalue weighted by Gasteiger charge is 2.23. The molecule has 2 saturated heterocycles. The highest BCUT2D eigenvalue weighted by Crippen LogP contribution is 2.25. The zero-order valence-electron chi connectivity index (χ0n) is 21.3. The zero-order chi connectivity index (χ0) is 25.7. The minimum absolute atomic E-state index is 0.216. The fourth-order valence-electron chi connectivity index (χ4n) is 5.17. The Morgan fingerprint density at radius 2 is 1.71 bits per heavy atom. The van der Waals surface area contributed by atoms with E-state index in [2.05, 4.69) is 60.8 Å². The summed E-state index contributed by atoms with van der Waals surface area (Å²) in [7, 11) is 0. The minimum atomic E-state index is 0.216. The van der Waals surface area contributed by atoms with Gasteiger partial charge >= 0.3 is 0 Å². The summed E-state index contributed by atoms with van der Waals surface area (Å²) in [4.78, 5) is 39.2. The van der Waals surface area contributed by atoms with Crippen LogP contribution in [0, 0.1) is 0 Å². The number of rotatable bonds is 9. The number of imidazole rings is 1. The molecule has 4 aromatic rings. The van der Waals surface area contributed by atoms with E-state index in [4.69, 9.17) is 9.97 Å². The first-order valence-electron chi connectivity index (χ1n) is 13.3. The van der Waals surface area contributed by atoms with Gasteiger partial charge < -0.3 is 14.8 Å². The second-order valence-electron chi connectivity index (χ2n) is 9.87. The Morgan fingerprint density at radius 1 is 0.895 bits per heavy atom. The highest BCUT2D eigenvalue weighted by molar-refractivity contribution is 5.84. The molecule has 0 unspecified atom stereocenters. The molecule has 0 aliphatic carbocycles. The third-order valence-corrected chi connectivity index (χ3v) is 7.21. The number of amides is 1. The van der Waals surface area contributed by atoms with Gasteiger partial charge in [-0.3, -0.25) is 15.0 Å². The van der Waals surface area contributed by atoms with Gasteiger partial charge in [0.15, 0.2) is 17.0 Å². The van der Waals surface area contributed by atoms with E-state index < -0.39 is 0 Å². The van der Waals surface area contributed by atoms with Crippen LogP contribution < -0.4 is 10.6 Å². The van der Waals surface area contributed by atoms with Crippen molar-refractivity contribution in [1.82, 2.24) is 39.3 Å². The summed E-state index contributed by atoms with van der Waals surface area (Å²) in [6.07, 6.45) is 8.73. The van der Waals surface area contributed by atoms with E-state index in [9.17, 15) is 4.79 Å². The van der Waals surface area contributed by atoms with E-state index in [-0.39, 0.29) is 11.9 Å². The highest BCUT2D eigenvalue weighted by atomic mass is 16.2. The van der Waals surface area contributed by atoms with Crippen molar-refractivity contribution >= 4 is 34.8 Å². The molecule has 0 saturated carbocycles. The number of hydrogen-bond donors (Lipinski definition) is 2. The molecule has 3 aromatic heterocycles. The predicted octanol–water partition coefficient (Wildman–Crippen LogP) is 3.06. The predicted molar refractivity (Wildman–Crippen MR) is 145 cm³/mol. The van der Waals surface area contributed by atoms with Crippen molar-refractivity contribution in [2.75, 3.05) is 36.8 Å². The number of benzene rings is 1. The lowest BCUT2D eigenvalue weighted by molar-refractivity contribution is -0.127. The van der Waals surface area contributed by atoms with E-state index >= 15 is 0 Å². The maximum atomic E-state index is 12.1. The van der Waals surface area contributed by atoms with E-state index in [1.807, 2.05) is 9.47 Å². The fraction of sp³-hybridized carbons (Fsp3) is 0.407. The monoisotopic (exact) mass is 512 g/mol. The van der Waals surface area contributed by atoms with Crippen LogP contribution in [0.3, 0.4) is 0 Å². The molecular formula is C27H32N10O. The number of anilines is 3. The van der Waals surface area contributed by atoms with Gasteiger partial charge in [0.25, 0.3) is 0 Å². The largest absolute Gasteiger partial charge is 0.365 e. The Kier molecular flexibility index (Phi) is 7.07. The standard InChI is InChI=1S/C27H32N10O/c38-22-8-4-13-36(22)16-17-37-19-30-23-24(32-27(33-25(23)37)34-26-28-11-5-12-29-26)31-21-9-14-35(15-10-21)18-20-6-2-1-3-7-20/h1-3,5-7,11-12,19,21H,4,8-10,13-18H2,(H2,28,29,31,32,33,34). The van der Waals surface area contributed by atoms with Crippen molar-refractivity contribution in [2.45, 2.75) is 44.8 Å². The van der Waals surface area contributed by atoms with Crippen LogP contribution in [0.25, 0.3) is 11.2 Å². The second kappa shape index (κ2) is 11.1. The molecule has 2 fully saturated rings. The Labute approximate surface area is 221 Å². The van der Waals surface area contributed by atoms with Crippen molar-refractivity contribution in [3.63, 3.8) is 0 Å². The van der Waals surface area contributed by atoms with Crippen molar-refractivity contribution in [2.24, 2.45) is 0 Å². The van der Waals surface area contributed by atoms with Crippen LogP contribution >= 0.6 is 0 Å². The van der Waals surface area contributed by atoms with Gasteiger partial charge in [-0.25, -0.2) is 15.0 Å². The summed E-state index contributed by atoms with van der Waals surface area (Å²) in [5.74, 6) is 1.76. The van der Waals surface area contributed by atoms with Crippen molar-refractivity contribution < 1.29 is 4.79 Å². The van der Waals surface area contributed by atoms with Crippen LogP contribution in [0.2, 0.25) is 0 Å². The maximum Gasteiger partial charge on any atom is 0.233 e. The van der Waals surface area contributed by atoms with Crippen LogP contribution in [0.15, 0.2) is 55.1 Å². The summed E-state index contributed by atoms with van der Waals surface area (Å²) >= 11 is 0. The van der Waals surface area contributed by atoms with E-state index in [1.54, 1.807) is 24.8 Å². The molecular weight excluding hydrogens is 480 g/mol. The maximum absolute atomic E-state index is 12.1. The molecule has 1 amide bonds. The number of nitrogens with zero attached hydrogens (tertiary/aromatic N) is 8. The number of aromatic nitrogens is 6. The molecule has 6 rings (SSSR count). The molecule has 0 spiro atoms. The van der Waals surface area contributed by atoms with Crippen molar-refractivity contribution in [3.8, 4) is 0 Å². The molecule has 11 nitrogen and oxygen atoms in total. The average Bonchev–Trinajstić information content (AvgIpc) is 3.55. The molecule has 196 valence electrons. The molecule has 38 heavy (non-hydrogen) atoms. The number of hydrogen-bond acceptors (Lipinski definition) is 9. The smallest absolute Gasteiger partial charge is 0.233 e. The van der Waals surface area contributed by atoms with Gasteiger partial charge in [0.05, 0.1) is 6.33 Å². The number of carbonyl (C=O) groups is 1. The van der Waals surface area contributed by atoms with E-state index in [1.165, 1.54) is 5.56 Å². The van der Waals surface area contributed by atoms with Crippen LogP contribution in [0.5, 0.6) is 0 Å². The van der Waals surface area contributed by atoms with Gasteiger partial charge in [-0.1, -0.05) is 30.3 Å². The molecule has 11 heteroatoms. The third kappa shape index (κ3) is 5.57. The topological polar surface area (TPSA) is 117 Å². The van der Waals surface area contributed by atoms with Gasteiger partial charge in [0, 0.05) is 64.1 Å². The lowest BCUT2D eigenvalue weighted by Gasteiger charge is -2.32. The number of piperidine rings is 1. The first kappa shape index (κ1) is 24.2. The number of fused-ring (bicyclic) bond motifs is 1. The molecule has 0 atom stereocenters. The van der Waals surface area contributed by atoms with Crippen LogP contribution in [-0.2, 0) is 17.9 Å². The minimum Gasteiger partial charge on any atom is -0.365 e. The van der Waals surface area contributed by atoms with Gasteiger partial charge in [-0.15, -0.1) is 0 Å². The van der Waals surface area contributed by atoms with Gasteiger partial charge in [0.1, 0.15) is 0 Å². The Morgan fingerprint density at radius 3 is 2.47 bits per heavy atom. The normalized spacial score (nSPS) is 16.8. The lowest BCUT2D eigenvalue weighted by Crippen LogP contribution is -2.38. The molecule has 2 N–H and O–H groups in total. The van der Waals surface area contributed by atoms with Gasteiger partial charge in [0.2, 0.25) is 17.8 Å². The van der Waals surface area contributed by atoms with Crippen molar-refractivity contribution in [3.05, 3.63) is 60.7 Å². The van der Waals surface area contributed by atoms with E-state index in [0.717, 1.165) is 51.0 Å². The molecule has 0 bridgehead atoms. The zero-order valence-corrected chi connectivity index (χ0v) is 21.3. The summed E-state index contributed by atoms with van der Waals surface area (Å²) in [5.41, 5.74) is 2.79. The second-order valence-corrected chi connectivity index (χ2v) is 9.87. The first-order chi connectivity index (χ1) is 18.7. The fourth-order valence-corrected chi connectivity index (χ4v) is 5.17. The first-order valence-corrected chi connectivity index (χ1v) is 13.3. The number of carbonyl (C=O) groups excluding carboxylic acids is 1. The van der Waals surface area contributed by atoms with E-state index in [0.29, 0.717) is 42.9 Å². The molecule has 2 aliphatic heterocycles. The third-order valence-electron chi connectivity index (χ3n) is 7.21. The summed E-state index contributed by atoms with van der Waals surface area (Å²) < 4.78 is 1.99. The molecule has 0 radical (unpaired) electrons. The Hall–Kier alpha value is -4.12. The summed E-state index contributed by atoms with van der Waals surface area (Å²) in [6.45, 7) is 5.08. The Bertz CT molecular complexity index is 1370. The van der Waals surface area contributed by atoms with Crippen molar-refractivity contribution in [1.29, 1.82) is 0 Å². The van der Waals surface area contributed by atoms with Crippen LogP contribution in [-0.4, -0.2) is 77.4 Å². The lowest BCUT2D eigenvalue weighted by atomic mass is 10.0. The van der Waals surface area contributed by atoms with Crippen LogP contribution in [0.1, 0.15) is 31.2 Å². The number of likely N-dealkylation sites (tertiary alicyclic amines) is 2. The summed E-state index contributed by atoms with van der Waals surface area (Å²) in [6, 6.07) is 12.7.